The molecule has 1 aromatic heterocycles. The van der Waals surface area contributed by atoms with E-state index in [1.54, 1.807) is 37.2 Å². The number of allylic oxidation sites excluding steroid dienone is 1. The molecule has 1 aliphatic rings. The molecule has 0 radical (unpaired) electrons. The van der Waals surface area contributed by atoms with Gasteiger partial charge in [0.1, 0.15) is 11.5 Å². The fourth-order valence-corrected chi connectivity index (χ4v) is 5.25. The van der Waals surface area contributed by atoms with Crippen molar-refractivity contribution in [2.24, 2.45) is 0 Å². The highest BCUT2D eigenvalue weighted by Crippen LogP contribution is 2.37. The van der Waals surface area contributed by atoms with Crippen LogP contribution in [-0.4, -0.2) is 48.4 Å². The van der Waals surface area contributed by atoms with E-state index in [0.717, 1.165) is 29.5 Å². The second-order valence-corrected chi connectivity index (χ2v) is 10.1. The topological polar surface area (TPSA) is 93.9 Å². The van der Waals surface area contributed by atoms with E-state index in [-0.39, 0.29) is 30.8 Å². The van der Waals surface area contributed by atoms with Crippen molar-refractivity contribution in [1.82, 2.24) is 14.1 Å². The summed E-state index contributed by atoms with van der Waals surface area (Å²) < 4.78 is 40.9. The maximum Gasteiger partial charge on any atom is 0.262 e. The van der Waals surface area contributed by atoms with Crippen LogP contribution in [-0.2, 0) is 23.1 Å². The highest BCUT2D eigenvalue weighted by molar-refractivity contribution is 7.89. The van der Waals surface area contributed by atoms with Crippen LogP contribution in [0.5, 0.6) is 11.5 Å². The molecular formula is C25H29N3O5S. The predicted molar refractivity (Wildman–Crippen MR) is 128 cm³/mol. The molecule has 0 aliphatic heterocycles. The van der Waals surface area contributed by atoms with Crippen molar-refractivity contribution in [3.63, 3.8) is 0 Å². The van der Waals surface area contributed by atoms with Gasteiger partial charge in [-0.3, -0.25) is 4.68 Å². The van der Waals surface area contributed by atoms with Crippen molar-refractivity contribution in [3.8, 4) is 11.5 Å². The van der Waals surface area contributed by atoms with E-state index in [1.807, 2.05) is 48.5 Å². The third-order valence-corrected chi connectivity index (χ3v) is 7.66. The number of sulfonamides is 1. The van der Waals surface area contributed by atoms with Crippen LogP contribution >= 0.6 is 0 Å². The Kier molecular flexibility index (Phi) is 7.35. The van der Waals surface area contributed by atoms with Gasteiger partial charge in [-0.25, -0.2) is 8.42 Å². The van der Waals surface area contributed by atoms with Crippen molar-refractivity contribution in [2.45, 2.75) is 37.0 Å². The summed E-state index contributed by atoms with van der Waals surface area (Å²) in [7, 11) is -0.678. The number of methoxy groups -OCH3 is 2. The van der Waals surface area contributed by atoms with Crippen LogP contribution in [0.3, 0.4) is 0 Å². The number of rotatable bonds is 10. The van der Waals surface area contributed by atoms with Crippen LogP contribution in [0.15, 0.2) is 77.5 Å². The van der Waals surface area contributed by atoms with Gasteiger partial charge in [0.2, 0.25) is 0 Å². The summed E-state index contributed by atoms with van der Waals surface area (Å²) in [5.41, 5.74) is 2.85. The molecule has 0 amide bonds. The van der Waals surface area contributed by atoms with Crippen LogP contribution in [0.1, 0.15) is 30.0 Å². The van der Waals surface area contributed by atoms with Gasteiger partial charge >= 0.3 is 0 Å². The Morgan fingerprint density at radius 1 is 0.971 bits per heavy atom. The molecular weight excluding hydrogens is 454 g/mol. The lowest BCUT2D eigenvalue weighted by Gasteiger charge is -2.29. The Bertz CT molecular complexity index is 1180. The molecule has 0 spiro atoms. The Balaban J connectivity index is 1.59. The fourth-order valence-electron chi connectivity index (χ4n) is 3.92. The second-order valence-electron chi connectivity index (χ2n) is 8.21. The first-order valence-electron chi connectivity index (χ1n) is 11.0. The van der Waals surface area contributed by atoms with Crippen molar-refractivity contribution in [2.75, 3.05) is 20.8 Å². The number of hydrogen-bond acceptors (Lipinski definition) is 6. The molecule has 0 saturated heterocycles. The van der Waals surface area contributed by atoms with Gasteiger partial charge in [-0.2, -0.15) is 9.40 Å². The average Bonchev–Trinajstić information content (AvgIpc) is 3.32. The van der Waals surface area contributed by atoms with Crippen LogP contribution in [0, 0.1) is 0 Å². The lowest BCUT2D eigenvalue weighted by Crippen LogP contribution is -2.31. The fraction of sp³-hybridized carbons (Fsp3) is 0.320. The lowest BCUT2D eigenvalue weighted by molar-refractivity contribution is 0.327. The van der Waals surface area contributed by atoms with Gasteiger partial charge in [0.25, 0.3) is 10.0 Å². The molecule has 34 heavy (non-hydrogen) atoms. The number of hydrogen-bond donors (Lipinski definition) is 1. The summed E-state index contributed by atoms with van der Waals surface area (Å²) in [5.74, 6) is 1.42. The first kappa shape index (κ1) is 24.0. The highest BCUT2D eigenvalue weighted by atomic mass is 32.2. The van der Waals surface area contributed by atoms with Crippen LogP contribution in [0.2, 0.25) is 0 Å². The standard InChI is InChI=1S/C25H29N3O5S/c1-32-23-7-3-19(4-8-23)17-27(18-20-5-9-24(33-2)10-6-20)34(30,31)25-11-13-28(26-25)22-15-21(16-22)12-14-29/h3-13,22,29H,14-18H2,1-2H3. The van der Waals surface area contributed by atoms with Crippen molar-refractivity contribution < 1.29 is 23.0 Å². The van der Waals surface area contributed by atoms with Gasteiger partial charge in [-0.05, 0) is 54.3 Å². The number of nitrogens with zero attached hydrogens (tertiary/aromatic N) is 3. The minimum absolute atomic E-state index is 0.0203. The Morgan fingerprint density at radius 2 is 1.50 bits per heavy atom. The third kappa shape index (κ3) is 5.32. The molecule has 8 nitrogen and oxygen atoms in total. The average molecular weight is 484 g/mol. The minimum atomic E-state index is -3.87. The maximum absolute atomic E-state index is 13.7. The largest absolute Gasteiger partial charge is 0.497 e. The number of benzene rings is 2. The number of aliphatic hydroxyl groups is 1. The van der Waals surface area contributed by atoms with E-state index in [2.05, 4.69) is 5.10 Å². The lowest BCUT2D eigenvalue weighted by atomic mass is 9.86. The normalized spacial score (nSPS) is 15.8. The molecule has 1 fully saturated rings. The van der Waals surface area contributed by atoms with E-state index < -0.39 is 10.0 Å². The first-order chi connectivity index (χ1) is 16.4. The molecule has 4 rings (SSSR count). The zero-order chi connectivity index (χ0) is 24.1. The van der Waals surface area contributed by atoms with Crippen LogP contribution in [0.4, 0.5) is 0 Å². The van der Waals surface area contributed by atoms with E-state index in [4.69, 9.17) is 14.6 Å². The number of aromatic nitrogens is 2. The van der Waals surface area contributed by atoms with E-state index >= 15 is 0 Å². The van der Waals surface area contributed by atoms with Gasteiger partial charge in [-0.15, -0.1) is 0 Å². The molecule has 3 aromatic rings. The molecule has 2 aromatic carbocycles. The zero-order valence-electron chi connectivity index (χ0n) is 19.3. The van der Waals surface area contributed by atoms with E-state index in [0.29, 0.717) is 11.5 Å². The van der Waals surface area contributed by atoms with Crippen LogP contribution in [0.25, 0.3) is 0 Å². The Hall–Kier alpha value is -3.14. The van der Waals surface area contributed by atoms with Crippen molar-refractivity contribution in [3.05, 3.63) is 83.6 Å². The monoisotopic (exact) mass is 483 g/mol. The SMILES string of the molecule is COc1ccc(CN(Cc2ccc(OC)cc2)S(=O)(=O)c2ccn(C3CC(=CCO)C3)n2)cc1. The van der Waals surface area contributed by atoms with Crippen molar-refractivity contribution >= 4 is 10.0 Å². The van der Waals surface area contributed by atoms with Gasteiger partial charge in [0.05, 0.1) is 26.9 Å². The van der Waals surface area contributed by atoms with E-state index in [9.17, 15) is 8.42 Å². The molecule has 1 N–H and O–H groups in total. The van der Waals surface area contributed by atoms with Crippen LogP contribution < -0.4 is 9.47 Å². The molecule has 9 heteroatoms. The minimum Gasteiger partial charge on any atom is -0.497 e. The first-order valence-corrected chi connectivity index (χ1v) is 12.5. The highest BCUT2D eigenvalue weighted by Gasteiger charge is 2.30. The molecule has 1 saturated carbocycles. The quantitative estimate of drug-likeness (QED) is 0.443. The summed E-state index contributed by atoms with van der Waals surface area (Å²) in [4.78, 5) is 0. The molecule has 1 aliphatic carbocycles. The van der Waals surface area contributed by atoms with Gasteiger partial charge < -0.3 is 14.6 Å². The number of aliphatic hydroxyl groups excluding tert-OH is 1. The Labute approximate surface area is 200 Å². The summed E-state index contributed by atoms with van der Waals surface area (Å²) in [6, 6.07) is 16.4. The smallest absolute Gasteiger partial charge is 0.262 e. The molecule has 0 bridgehead atoms. The van der Waals surface area contributed by atoms with Crippen molar-refractivity contribution in [1.29, 1.82) is 0 Å². The summed E-state index contributed by atoms with van der Waals surface area (Å²) in [6.45, 7) is 0.405. The summed E-state index contributed by atoms with van der Waals surface area (Å²) >= 11 is 0. The molecule has 180 valence electrons. The summed E-state index contributed by atoms with van der Waals surface area (Å²) in [5, 5.41) is 13.5. The molecule has 1 heterocycles. The Morgan fingerprint density at radius 3 is 1.97 bits per heavy atom. The maximum atomic E-state index is 13.7. The van der Waals surface area contributed by atoms with Gasteiger partial charge in [0.15, 0.2) is 5.03 Å². The predicted octanol–water partition coefficient (Wildman–Crippen LogP) is 3.55. The number of ether oxygens (including phenoxy) is 2. The van der Waals surface area contributed by atoms with Gasteiger partial charge in [-0.1, -0.05) is 35.9 Å². The zero-order valence-corrected chi connectivity index (χ0v) is 20.1. The molecule has 0 atom stereocenters. The second kappa shape index (κ2) is 10.4. The van der Waals surface area contributed by atoms with E-state index in [1.165, 1.54) is 4.31 Å². The summed E-state index contributed by atoms with van der Waals surface area (Å²) in [6.07, 6.45) is 5.04. The third-order valence-electron chi connectivity index (χ3n) is 5.97. The van der Waals surface area contributed by atoms with Gasteiger partial charge in [0, 0.05) is 19.3 Å². The molecule has 0 unspecified atom stereocenters.